The van der Waals surface area contributed by atoms with Gasteiger partial charge in [-0.15, -0.1) is 5.10 Å². The van der Waals surface area contributed by atoms with Gasteiger partial charge in [0.25, 0.3) is 0 Å². The number of rotatable bonds is 3. The second kappa shape index (κ2) is 4.58. The number of carboxylic acids is 1. The summed E-state index contributed by atoms with van der Waals surface area (Å²) >= 11 is 5.93. The number of aliphatic carboxylic acids is 1. The van der Waals surface area contributed by atoms with Crippen molar-refractivity contribution >= 4 is 17.6 Å². The first-order valence-electron chi connectivity index (χ1n) is 5.32. The third kappa shape index (κ3) is 2.17. The molecule has 0 atom stereocenters. The second-order valence-electron chi connectivity index (χ2n) is 4.38. The van der Waals surface area contributed by atoms with Crippen molar-refractivity contribution in [2.45, 2.75) is 19.4 Å². The normalized spacial score (nSPS) is 11.6. The quantitative estimate of drug-likeness (QED) is 0.932. The standard InChI is InChI=1S/C11H10ClFN4O2/c1-11(2,10(18)19)17-9(14-15-16-17)8-6(12)4-3-5-7(8)13/h3-5H,1-2H3,(H,18,19). The highest BCUT2D eigenvalue weighted by Gasteiger charge is 2.34. The van der Waals surface area contributed by atoms with Gasteiger partial charge in [0.2, 0.25) is 0 Å². The van der Waals surface area contributed by atoms with Crippen LogP contribution in [0, 0.1) is 5.82 Å². The lowest BCUT2D eigenvalue weighted by atomic mass is 10.1. The molecule has 2 rings (SSSR count). The summed E-state index contributed by atoms with van der Waals surface area (Å²) in [4.78, 5) is 11.2. The highest BCUT2D eigenvalue weighted by molar-refractivity contribution is 6.33. The first-order valence-corrected chi connectivity index (χ1v) is 5.70. The van der Waals surface area contributed by atoms with Crippen LogP contribution in [0.3, 0.4) is 0 Å². The summed E-state index contributed by atoms with van der Waals surface area (Å²) in [5.74, 6) is -1.80. The molecular weight excluding hydrogens is 275 g/mol. The molecule has 1 aromatic carbocycles. The topological polar surface area (TPSA) is 80.9 Å². The van der Waals surface area contributed by atoms with E-state index in [1.807, 2.05) is 0 Å². The maximum absolute atomic E-state index is 13.8. The molecule has 0 bridgehead atoms. The van der Waals surface area contributed by atoms with E-state index in [4.69, 9.17) is 11.6 Å². The van der Waals surface area contributed by atoms with E-state index < -0.39 is 17.3 Å². The van der Waals surface area contributed by atoms with Crippen molar-refractivity contribution in [2.24, 2.45) is 0 Å². The summed E-state index contributed by atoms with van der Waals surface area (Å²) in [6.07, 6.45) is 0. The number of aromatic nitrogens is 4. The molecule has 1 N–H and O–H groups in total. The van der Waals surface area contributed by atoms with Crippen LogP contribution in [-0.2, 0) is 10.3 Å². The van der Waals surface area contributed by atoms with Crippen LogP contribution >= 0.6 is 11.6 Å². The molecular formula is C11H10ClFN4O2. The zero-order chi connectivity index (χ0) is 14.2. The van der Waals surface area contributed by atoms with Gasteiger partial charge in [-0.05, 0) is 36.4 Å². The van der Waals surface area contributed by atoms with Crippen molar-refractivity contribution in [3.63, 3.8) is 0 Å². The second-order valence-corrected chi connectivity index (χ2v) is 4.78. The molecule has 0 amide bonds. The van der Waals surface area contributed by atoms with Crippen LogP contribution in [0.25, 0.3) is 11.4 Å². The van der Waals surface area contributed by atoms with Crippen LogP contribution in [0.1, 0.15) is 13.8 Å². The molecule has 0 fully saturated rings. The Morgan fingerprint density at radius 3 is 2.74 bits per heavy atom. The Kier molecular flexibility index (Phi) is 3.23. The summed E-state index contributed by atoms with van der Waals surface area (Å²) < 4.78 is 14.9. The molecule has 8 heteroatoms. The summed E-state index contributed by atoms with van der Waals surface area (Å²) in [5, 5.41) is 20.0. The smallest absolute Gasteiger partial charge is 0.331 e. The van der Waals surface area contributed by atoms with E-state index in [1.54, 1.807) is 0 Å². The minimum atomic E-state index is -1.43. The van der Waals surface area contributed by atoms with Gasteiger partial charge in [-0.2, -0.15) is 0 Å². The van der Waals surface area contributed by atoms with Gasteiger partial charge >= 0.3 is 5.97 Å². The van der Waals surface area contributed by atoms with Crippen molar-refractivity contribution < 1.29 is 14.3 Å². The van der Waals surface area contributed by atoms with E-state index in [-0.39, 0.29) is 16.4 Å². The zero-order valence-corrected chi connectivity index (χ0v) is 10.9. The van der Waals surface area contributed by atoms with Crippen molar-refractivity contribution in [1.82, 2.24) is 20.2 Å². The number of hydrogen-bond acceptors (Lipinski definition) is 4. The van der Waals surface area contributed by atoms with E-state index in [1.165, 1.54) is 32.0 Å². The molecule has 2 aromatic rings. The van der Waals surface area contributed by atoms with Crippen molar-refractivity contribution in [3.8, 4) is 11.4 Å². The molecule has 19 heavy (non-hydrogen) atoms. The summed E-state index contributed by atoms with van der Waals surface area (Å²) in [5.41, 5.74) is -1.45. The predicted molar refractivity (Wildman–Crippen MR) is 65.2 cm³/mol. The molecule has 0 aliphatic heterocycles. The van der Waals surface area contributed by atoms with Crippen molar-refractivity contribution in [2.75, 3.05) is 0 Å². The highest BCUT2D eigenvalue weighted by Crippen LogP contribution is 2.31. The lowest BCUT2D eigenvalue weighted by Gasteiger charge is -2.20. The lowest BCUT2D eigenvalue weighted by molar-refractivity contribution is -0.146. The molecule has 0 unspecified atom stereocenters. The maximum atomic E-state index is 13.8. The van der Waals surface area contributed by atoms with Gasteiger partial charge in [-0.3, -0.25) is 0 Å². The van der Waals surface area contributed by atoms with Crippen LogP contribution in [0.2, 0.25) is 5.02 Å². The van der Waals surface area contributed by atoms with Crippen LogP contribution in [-0.4, -0.2) is 31.3 Å². The van der Waals surface area contributed by atoms with Crippen LogP contribution in [0.15, 0.2) is 18.2 Å². The maximum Gasteiger partial charge on any atom is 0.331 e. The Labute approximate surface area is 112 Å². The van der Waals surface area contributed by atoms with Gasteiger partial charge in [0.1, 0.15) is 5.82 Å². The SMILES string of the molecule is CC(C)(C(=O)O)n1nnnc1-c1c(F)cccc1Cl. The fraction of sp³-hybridized carbons (Fsp3) is 0.273. The minimum Gasteiger partial charge on any atom is -0.479 e. The van der Waals surface area contributed by atoms with E-state index in [9.17, 15) is 14.3 Å². The van der Waals surface area contributed by atoms with Gasteiger partial charge in [0.15, 0.2) is 11.4 Å². The van der Waals surface area contributed by atoms with Crippen molar-refractivity contribution in [3.05, 3.63) is 29.0 Å². The van der Waals surface area contributed by atoms with E-state index in [0.717, 1.165) is 4.68 Å². The fourth-order valence-electron chi connectivity index (χ4n) is 1.52. The van der Waals surface area contributed by atoms with Gasteiger partial charge in [0, 0.05) is 0 Å². The molecule has 100 valence electrons. The Morgan fingerprint density at radius 1 is 1.47 bits per heavy atom. The molecule has 0 aliphatic carbocycles. The van der Waals surface area contributed by atoms with Gasteiger partial charge < -0.3 is 5.11 Å². The number of hydrogen-bond donors (Lipinski definition) is 1. The Bertz CT molecular complexity index is 621. The zero-order valence-electron chi connectivity index (χ0n) is 10.1. The molecule has 0 radical (unpaired) electrons. The number of carbonyl (C=O) groups is 1. The Morgan fingerprint density at radius 2 is 2.16 bits per heavy atom. The highest BCUT2D eigenvalue weighted by atomic mass is 35.5. The molecule has 1 heterocycles. The van der Waals surface area contributed by atoms with Gasteiger partial charge in [0.05, 0.1) is 10.6 Å². The average molecular weight is 285 g/mol. The fourth-order valence-corrected chi connectivity index (χ4v) is 1.77. The Balaban J connectivity index is 2.67. The van der Waals surface area contributed by atoms with Crippen LogP contribution in [0.4, 0.5) is 4.39 Å². The molecule has 6 nitrogen and oxygen atoms in total. The molecule has 1 aromatic heterocycles. The van der Waals surface area contributed by atoms with Gasteiger partial charge in [-0.1, -0.05) is 17.7 Å². The summed E-state index contributed by atoms with van der Waals surface area (Å²) in [7, 11) is 0. The predicted octanol–water partition coefficient (Wildman–Crippen LogP) is 1.95. The third-order valence-electron chi connectivity index (χ3n) is 2.71. The van der Waals surface area contributed by atoms with Gasteiger partial charge in [-0.25, -0.2) is 13.9 Å². The number of tetrazole rings is 1. The van der Waals surface area contributed by atoms with Crippen LogP contribution < -0.4 is 0 Å². The van der Waals surface area contributed by atoms with Crippen LogP contribution in [0.5, 0.6) is 0 Å². The number of nitrogens with zero attached hydrogens (tertiary/aromatic N) is 4. The van der Waals surface area contributed by atoms with E-state index >= 15 is 0 Å². The monoisotopic (exact) mass is 284 g/mol. The molecule has 0 saturated heterocycles. The van der Waals surface area contributed by atoms with E-state index in [2.05, 4.69) is 15.5 Å². The lowest BCUT2D eigenvalue weighted by Crippen LogP contribution is -2.37. The molecule has 0 saturated carbocycles. The summed E-state index contributed by atoms with van der Waals surface area (Å²) in [6, 6.07) is 4.12. The Hall–Kier alpha value is -2.02. The number of carboxylic acid groups (broad SMARTS) is 1. The van der Waals surface area contributed by atoms with E-state index in [0.29, 0.717) is 0 Å². The summed E-state index contributed by atoms with van der Waals surface area (Å²) in [6.45, 7) is 2.81. The number of halogens is 2. The largest absolute Gasteiger partial charge is 0.479 e. The third-order valence-corrected chi connectivity index (χ3v) is 3.02. The number of benzene rings is 1. The minimum absolute atomic E-state index is 0.0245. The first kappa shape index (κ1) is 13.4. The molecule has 0 spiro atoms. The first-order chi connectivity index (χ1) is 8.85. The molecule has 0 aliphatic rings. The van der Waals surface area contributed by atoms with Crippen molar-refractivity contribution in [1.29, 1.82) is 0 Å². The average Bonchev–Trinajstić information content (AvgIpc) is 2.78.